The van der Waals surface area contributed by atoms with E-state index < -0.39 is 0 Å². The maximum absolute atomic E-state index is 9.10. The van der Waals surface area contributed by atoms with Gasteiger partial charge in [-0.3, -0.25) is 0 Å². The van der Waals surface area contributed by atoms with E-state index in [1.54, 1.807) is 0 Å². The van der Waals surface area contributed by atoms with Crippen LogP contribution in [0.5, 0.6) is 0 Å². The SMILES string of the molecule is CCCCCCCCCN1CCCCC1CCO. The van der Waals surface area contributed by atoms with Gasteiger partial charge >= 0.3 is 0 Å². The summed E-state index contributed by atoms with van der Waals surface area (Å²) in [7, 11) is 0. The highest BCUT2D eigenvalue weighted by Gasteiger charge is 2.20. The highest BCUT2D eigenvalue weighted by molar-refractivity contribution is 4.76. The standard InChI is InChI=1S/C16H33NO/c1-2-3-4-5-6-7-9-13-17-14-10-8-11-16(17)12-15-18/h16,18H,2-15H2,1H3. The van der Waals surface area contributed by atoms with Gasteiger partial charge in [-0.25, -0.2) is 0 Å². The van der Waals surface area contributed by atoms with E-state index in [4.69, 9.17) is 5.11 Å². The topological polar surface area (TPSA) is 23.5 Å². The lowest BCUT2D eigenvalue weighted by Crippen LogP contribution is -2.40. The van der Waals surface area contributed by atoms with Crippen LogP contribution in [0.4, 0.5) is 0 Å². The minimum atomic E-state index is 0.359. The molecule has 0 amide bonds. The van der Waals surface area contributed by atoms with Crippen molar-refractivity contribution < 1.29 is 5.11 Å². The Kier molecular flexibility index (Phi) is 9.59. The van der Waals surface area contributed by atoms with Crippen molar-refractivity contribution >= 4 is 0 Å². The first kappa shape index (κ1) is 16.0. The Hall–Kier alpha value is -0.0800. The molecule has 0 aromatic rings. The van der Waals surface area contributed by atoms with Gasteiger partial charge in [0, 0.05) is 12.6 Å². The van der Waals surface area contributed by atoms with Gasteiger partial charge in [0.05, 0.1) is 0 Å². The number of likely N-dealkylation sites (tertiary alicyclic amines) is 1. The number of rotatable bonds is 10. The summed E-state index contributed by atoms with van der Waals surface area (Å²) in [5, 5.41) is 9.10. The van der Waals surface area contributed by atoms with Gasteiger partial charge in [-0.15, -0.1) is 0 Å². The van der Waals surface area contributed by atoms with E-state index in [1.807, 2.05) is 0 Å². The fourth-order valence-electron chi connectivity index (χ4n) is 3.10. The van der Waals surface area contributed by atoms with Crippen molar-refractivity contribution in [2.75, 3.05) is 19.7 Å². The van der Waals surface area contributed by atoms with E-state index in [0.717, 1.165) is 6.42 Å². The molecule has 1 N–H and O–H groups in total. The lowest BCUT2D eigenvalue weighted by atomic mass is 9.99. The predicted molar refractivity (Wildman–Crippen MR) is 78.9 cm³/mol. The summed E-state index contributed by atoms with van der Waals surface area (Å²) in [5.74, 6) is 0. The summed E-state index contributed by atoms with van der Waals surface area (Å²) in [6.07, 6.45) is 14.8. The van der Waals surface area contributed by atoms with Crippen molar-refractivity contribution in [1.82, 2.24) is 4.90 Å². The Morgan fingerprint density at radius 1 is 1.00 bits per heavy atom. The van der Waals surface area contributed by atoms with Gasteiger partial charge < -0.3 is 10.0 Å². The van der Waals surface area contributed by atoms with Crippen LogP contribution >= 0.6 is 0 Å². The Morgan fingerprint density at radius 2 is 1.72 bits per heavy atom. The van der Waals surface area contributed by atoms with Crippen LogP contribution in [-0.4, -0.2) is 35.7 Å². The molecule has 2 heteroatoms. The summed E-state index contributed by atoms with van der Waals surface area (Å²) in [6, 6.07) is 0.670. The number of hydrogen-bond donors (Lipinski definition) is 1. The van der Waals surface area contributed by atoms with Gasteiger partial charge in [-0.2, -0.15) is 0 Å². The molecule has 0 spiro atoms. The Bertz CT molecular complexity index is 182. The van der Waals surface area contributed by atoms with Gasteiger partial charge in [0.2, 0.25) is 0 Å². The average Bonchev–Trinajstić information content (AvgIpc) is 2.40. The molecular weight excluding hydrogens is 222 g/mol. The smallest absolute Gasteiger partial charge is 0.0445 e. The first-order chi connectivity index (χ1) is 8.88. The Labute approximate surface area is 114 Å². The van der Waals surface area contributed by atoms with E-state index in [9.17, 15) is 0 Å². The van der Waals surface area contributed by atoms with Crippen molar-refractivity contribution in [2.24, 2.45) is 0 Å². The minimum absolute atomic E-state index is 0.359. The zero-order chi connectivity index (χ0) is 13.1. The predicted octanol–water partition coefficient (Wildman–Crippen LogP) is 3.97. The third-order valence-corrected chi connectivity index (χ3v) is 4.26. The van der Waals surface area contributed by atoms with Crippen LogP contribution in [0.25, 0.3) is 0 Å². The third kappa shape index (κ3) is 6.75. The molecule has 1 atom stereocenters. The summed E-state index contributed by atoms with van der Waals surface area (Å²) in [6.45, 7) is 5.16. The van der Waals surface area contributed by atoms with E-state index >= 15 is 0 Å². The van der Waals surface area contributed by atoms with E-state index in [0.29, 0.717) is 12.6 Å². The molecule has 1 aliphatic rings. The summed E-state index contributed by atoms with van der Waals surface area (Å²) < 4.78 is 0. The highest BCUT2D eigenvalue weighted by Crippen LogP contribution is 2.20. The lowest BCUT2D eigenvalue weighted by molar-refractivity contribution is 0.117. The third-order valence-electron chi connectivity index (χ3n) is 4.26. The number of aliphatic hydroxyl groups excluding tert-OH is 1. The van der Waals surface area contributed by atoms with Crippen LogP contribution in [0.3, 0.4) is 0 Å². The molecule has 0 aliphatic carbocycles. The molecule has 0 radical (unpaired) electrons. The molecule has 1 fully saturated rings. The second-order valence-electron chi connectivity index (χ2n) is 5.82. The van der Waals surface area contributed by atoms with Crippen LogP contribution in [0.1, 0.15) is 77.6 Å². The van der Waals surface area contributed by atoms with Crippen LogP contribution in [0.2, 0.25) is 0 Å². The second-order valence-corrected chi connectivity index (χ2v) is 5.82. The highest BCUT2D eigenvalue weighted by atomic mass is 16.3. The molecule has 18 heavy (non-hydrogen) atoms. The van der Waals surface area contributed by atoms with E-state index in [-0.39, 0.29) is 0 Å². The molecule has 1 saturated heterocycles. The first-order valence-electron chi connectivity index (χ1n) is 8.23. The van der Waals surface area contributed by atoms with Crippen molar-refractivity contribution in [1.29, 1.82) is 0 Å². The van der Waals surface area contributed by atoms with E-state index in [2.05, 4.69) is 11.8 Å². The quantitative estimate of drug-likeness (QED) is 0.597. The van der Waals surface area contributed by atoms with Crippen LogP contribution < -0.4 is 0 Å². The van der Waals surface area contributed by atoms with Crippen LogP contribution in [-0.2, 0) is 0 Å². The Morgan fingerprint density at radius 3 is 2.44 bits per heavy atom. The molecule has 1 rings (SSSR count). The first-order valence-corrected chi connectivity index (χ1v) is 8.23. The molecule has 1 unspecified atom stereocenters. The van der Waals surface area contributed by atoms with Gasteiger partial charge in [0.15, 0.2) is 0 Å². The molecule has 0 aromatic heterocycles. The van der Waals surface area contributed by atoms with Gasteiger partial charge in [0.25, 0.3) is 0 Å². The largest absolute Gasteiger partial charge is 0.396 e. The fourth-order valence-corrected chi connectivity index (χ4v) is 3.10. The maximum Gasteiger partial charge on any atom is 0.0445 e. The second kappa shape index (κ2) is 10.8. The summed E-state index contributed by atoms with van der Waals surface area (Å²) in [4.78, 5) is 2.63. The molecule has 0 saturated carbocycles. The molecule has 1 aliphatic heterocycles. The van der Waals surface area contributed by atoms with Crippen molar-refractivity contribution in [3.8, 4) is 0 Å². The zero-order valence-electron chi connectivity index (χ0n) is 12.4. The van der Waals surface area contributed by atoms with Gasteiger partial charge in [0.1, 0.15) is 0 Å². The maximum atomic E-state index is 9.10. The number of unbranched alkanes of at least 4 members (excludes halogenated alkanes) is 6. The number of piperidine rings is 1. The molecule has 1 heterocycles. The van der Waals surface area contributed by atoms with E-state index in [1.165, 1.54) is 77.3 Å². The number of hydrogen-bond acceptors (Lipinski definition) is 2. The number of nitrogens with zero attached hydrogens (tertiary/aromatic N) is 1. The fraction of sp³-hybridized carbons (Fsp3) is 1.00. The minimum Gasteiger partial charge on any atom is -0.396 e. The van der Waals surface area contributed by atoms with Gasteiger partial charge in [-0.05, 0) is 38.8 Å². The van der Waals surface area contributed by atoms with Crippen LogP contribution in [0, 0.1) is 0 Å². The molecule has 108 valence electrons. The molecular formula is C16H33NO. The number of aliphatic hydroxyl groups is 1. The normalized spacial score (nSPS) is 21.3. The van der Waals surface area contributed by atoms with Gasteiger partial charge in [-0.1, -0.05) is 51.9 Å². The zero-order valence-corrected chi connectivity index (χ0v) is 12.4. The summed E-state index contributed by atoms with van der Waals surface area (Å²) >= 11 is 0. The lowest BCUT2D eigenvalue weighted by Gasteiger charge is -2.35. The molecule has 2 nitrogen and oxygen atoms in total. The van der Waals surface area contributed by atoms with Crippen molar-refractivity contribution in [2.45, 2.75) is 83.6 Å². The van der Waals surface area contributed by atoms with Crippen molar-refractivity contribution in [3.63, 3.8) is 0 Å². The Balaban J connectivity index is 2.02. The molecule has 0 aromatic carbocycles. The van der Waals surface area contributed by atoms with Crippen molar-refractivity contribution in [3.05, 3.63) is 0 Å². The van der Waals surface area contributed by atoms with Crippen LogP contribution in [0.15, 0.2) is 0 Å². The monoisotopic (exact) mass is 255 g/mol. The summed E-state index contributed by atoms with van der Waals surface area (Å²) in [5.41, 5.74) is 0. The molecule has 0 bridgehead atoms. The average molecular weight is 255 g/mol.